The molecule has 1 aliphatic heterocycles. The number of carbonyl (C=O) groups is 3. The van der Waals surface area contributed by atoms with E-state index in [0.29, 0.717) is 5.75 Å². The van der Waals surface area contributed by atoms with Gasteiger partial charge in [0.25, 0.3) is 0 Å². The molecule has 0 saturated carbocycles. The van der Waals surface area contributed by atoms with Crippen molar-refractivity contribution in [1.82, 2.24) is 30.2 Å². The highest BCUT2D eigenvalue weighted by Crippen LogP contribution is 2.61. The first kappa shape index (κ1) is 46.7. The van der Waals surface area contributed by atoms with Crippen molar-refractivity contribution in [2.75, 3.05) is 37.8 Å². The predicted octanol–water partition coefficient (Wildman–Crippen LogP) is 0.440. The van der Waals surface area contributed by atoms with Crippen LogP contribution in [0.5, 0.6) is 0 Å². The number of aliphatic hydroxyl groups is 2. The van der Waals surface area contributed by atoms with Crippen LogP contribution in [-0.2, 0) is 50.7 Å². The molecule has 2 unspecified atom stereocenters. The summed E-state index contributed by atoms with van der Waals surface area (Å²) in [6.45, 7) is 0.446. The molecule has 1 aliphatic rings. The second kappa shape index (κ2) is 19.8. The highest BCUT2D eigenvalue weighted by atomic mass is 32.2. The first-order valence-corrected chi connectivity index (χ1v) is 22.8. The lowest BCUT2D eigenvalue weighted by atomic mass is 9.87. The Kier molecular flexibility index (Phi) is 16.2. The van der Waals surface area contributed by atoms with Crippen LogP contribution in [0.3, 0.4) is 0 Å². The smallest absolute Gasteiger partial charge is 0.386 e. The lowest BCUT2D eigenvalue weighted by Crippen LogP contribution is -2.46. The summed E-state index contributed by atoms with van der Waals surface area (Å²) >= 11 is 2.51. The van der Waals surface area contributed by atoms with Crippen molar-refractivity contribution in [3.63, 3.8) is 0 Å². The summed E-state index contributed by atoms with van der Waals surface area (Å²) in [5.74, 6) is -1.17. The van der Waals surface area contributed by atoms with Crippen LogP contribution in [-0.4, -0.2) is 123 Å². The predicted molar refractivity (Wildman–Crippen MR) is 200 cm³/mol. The van der Waals surface area contributed by atoms with Gasteiger partial charge in [-0.2, -0.15) is 15.6 Å². The van der Waals surface area contributed by atoms with Crippen LogP contribution >= 0.6 is 46.6 Å². The zero-order valence-electron chi connectivity index (χ0n) is 29.9. The van der Waals surface area contributed by atoms with Crippen molar-refractivity contribution in [3.05, 3.63) is 41.1 Å². The number of nitrogens with one attached hydrogen (secondary N) is 2. The average Bonchev–Trinajstić information content (AvgIpc) is 3.87. The SMILES string of the molecule is CC(C)(COP(=O)(O)OP(=O)(O)OC[C@H]1O[C@@H](n2cnc3c(N)ncnc32)[C@H](O)[C@@H]1OP(=O)(O)O)[C@@H](O)C(=O)NCCC(=O)NCCSC(=O)/C=C/c1ccsc1. The van der Waals surface area contributed by atoms with Gasteiger partial charge in [0.2, 0.25) is 16.9 Å². The van der Waals surface area contributed by atoms with Gasteiger partial charge in [-0.05, 0) is 34.5 Å². The van der Waals surface area contributed by atoms with Crippen LogP contribution in [0.25, 0.3) is 17.2 Å². The van der Waals surface area contributed by atoms with Crippen LogP contribution in [0, 0.1) is 5.41 Å². The Morgan fingerprint density at radius 3 is 2.51 bits per heavy atom. The molecule has 0 spiro atoms. The molecule has 57 heavy (non-hydrogen) atoms. The number of rotatable bonds is 21. The number of amides is 2. The summed E-state index contributed by atoms with van der Waals surface area (Å²) in [4.78, 5) is 87.5. The second-order valence-electron chi connectivity index (χ2n) is 12.6. The zero-order chi connectivity index (χ0) is 42.2. The van der Waals surface area contributed by atoms with Crippen molar-refractivity contribution in [2.45, 2.75) is 50.9 Å². The number of hydrogen-bond donors (Lipinski definition) is 9. The Labute approximate surface area is 331 Å². The zero-order valence-corrected chi connectivity index (χ0v) is 34.2. The number of thioether (sulfide) groups is 1. The summed E-state index contributed by atoms with van der Waals surface area (Å²) in [5, 5.41) is 29.9. The van der Waals surface area contributed by atoms with Gasteiger partial charge < -0.3 is 50.9 Å². The van der Waals surface area contributed by atoms with E-state index in [1.807, 2.05) is 16.8 Å². The summed E-state index contributed by atoms with van der Waals surface area (Å²) in [5.41, 5.74) is 5.16. The Morgan fingerprint density at radius 2 is 1.82 bits per heavy atom. The van der Waals surface area contributed by atoms with Gasteiger partial charge in [0.15, 0.2) is 17.7 Å². The molecular formula is C28H40N7O17P3S2. The van der Waals surface area contributed by atoms with E-state index < -0.39 is 84.6 Å². The van der Waals surface area contributed by atoms with E-state index in [0.717, 1.165) is 34.5 Å². The number of nitrogen functional groups attached to an aromatic ring is 1. The molecule has 29 heteroatoms. The Bertz CT molecular complexity index is 2050. The number of anilines is 1. The lowest BCUT2D eigenvalue weighted by Gasteiger charge is -2.30. The van der Waals surface area contributed by atoms with Crippen molar-refractivity contribution in [1.29, 1.82) is 0 Å². The number of ether oxygens (including phenoxy) is 1. The topological polar surface area (TPSA) is 364 Å². The fourth-order valence-electron chi connectivity index (χ4n) is 4.86. The first-order chi connectivity index (χ1) is 26.6. The van der Waals surface area contributed by atoms with E-state index in [1.165, 1.54) is 31.3 Å². The summed E-state index contributed by atoms with van der Waals surface area (Å²) in [6, 6.07) is 1.86. The number of phosphoric ester groups is 3. The molecule has 4 heterocycles. The largest absolute Gasteiger partial charge is 0.481 e. The highest BCUT2D eigenvalue weighted by molar-refractivity contribution is 8.14. The number of fused-ring (bicyclic) bond motifs is 1. The molecule has 0 radical (unpaired) electrons. The van der Waals surface area contributed by atoms with Gasteiger partial charge in [-0.3, -0.25) is 32.5 Å². The maximum absolute atomic E-state index is 12.7. The minimum absolute atomic E-state index is 0.0290. The van der Waals surface area contributed by atoms with E-state index in [1.54, 1.807) is 6.08 Å². The maximum Gasteiger partial charge on any atom is 0.481 e. The van der Waals surface area contributed by atoms with Crippen molar-refractivity contribution < 1.29 is 80.5 Å². The highest BCUT2D eigenvalue weighted by Gasteiger charge is 2.50. The fourth-order valence-corrected chi connectivity index (χ4v) is 8.89. The number of nitrogens with zero attached hydrogens (tertiary/aromatic N) is 4. The van der Waals surface area contributed by atoms with Gasteiger partial charge in [-0.1, -0.05) is 25.6 Å². The molecule has 0 bridgehead atoms. The van der Waals surface area contributed by atoms with E-state index in [9.17, 15) is 57.9 Å². The molecular weight excluding hydrogens is 863 g/mol. The van der Waals surface area contributed by atoms with Gasteiger partial charge >= 0.3 is 23.5 Å². The van der Waals surface area contributed by atoms with Crippen molar-refractivity contribution in [3.8, 4) is 0 Å². The molecule has 0 aromatic carbocycles. The van der Waals surface area contributed by atoms with Crippen LogP contribution in [0.2, 0.25) is 0 Å². The molecule has 7 atom stereocenters. The number of imidazole rings is 1. The molecule has 24 nitrogen and oxygen atoms in total. The Balaban J connectivity index is 1.22. The van der Waals surface area contributed by atoms with E-state index in [-0.39, 0.29) is 41.6 Å². The third-order valence-corrected chi connectivity index (χ3v) is 12.3. The quantitative estimate of drug-likeness (QED) is 0.0398. The summed E-state index contributed by atoms with van der Waals surface area (Å²) in [6.07, 6.45) is -3.83. The van der Waals surface area contributed by atoms with Crippen LogP contribution in [0.1, 0.15) is 32.1 Å². The number of aliphatic hydroxyl groups excluding tert-OH is 2. The Hall–Kier alpha value is -3.00. The molecule has 3 aromatic heterocycles. The number of thiophene rings is 1. The molecule has 10 N–H and O–H groups in total. The molecule has 2 amide bonds. The standard InChI is InChI=1S/C28H40N7O17P3S2/c1-28(2,23(39)26(40)31-7-5-18(36)30-8-10-57-19(37)4-3-16-6-9-56-12-16)13-49-55(46,47)52-54(44,45)48-11-17-22(51-53(41,42)43)21(38)27(50-17)35-15-34-20-24(29)32-14-33-25(20)35/h3-4,6,9,12,14-15,17,21-23,27,38-39H,5,7-8,10-11,13H2,1-2H3,(H,30,36)(H,31,40)(H,44,45)(H,46,47)(H2,29,32,33)(H2,41,42,43)/b4-3+/t17-,21-,22-,23+,27-/m1/s1. The normalized spacial score (nSPS) is 21.6. The fraction of sp³-hybridized carbons (Fsp3) is 0.500. The minimum Gasteiger partial charge on any atom is -0.386 e. The number of aromatic nitrogens is 4. The molecule has 1 saturated heterocycles. The first-order valence-electron chi connectivity index (χ1n) is 16.3. The van der Waals surface area contributed by atoms with Gasteiger partial charge in [-0.25, -0.2) is 28.6 Å². The monoisotopic (exact) mass is 903 g/mol. The maximum atomic E-state index is 12.7. The number of nitrogens with two attached hydrogens (primary N) is 1. The number of hydrogen-bond acceptors (Lipinski definition) is 19. The van der Waals surface area contributed by atoms with Crippen molar-refractivity contribution >= 4 is 86.6 Å². The van der Waals surface area contributed by atoms with Gasteiger partial charge in [0.05, 0.1) is 19.5 Å². The average molecular weight is 904 g/mol. The third kappa shape index (κ3) is 14.1. The Morgan fingerprint density at radius 1 is 1.11 bits per heavy atom. The van der Waals surface area contributed by atoms with Gasteiger partial charge in [0, 0.05) is 30.7 Å². The second-order valence-corrected chi connectivity index (χ2v) is 18.7. The van der Waals surface area contributed by atoms with Crippen LogP contribution in [0.15, 0.2) is 35.6 Å². The molecule has 0 aliphatic carbocycles. The summed E-state index contributed by atoms with van der Waals surface area (Å²) in [7, 11) is -16.4. The van der Waals surface area contributed by atoms with Crippen LogP contribution in [0.4, 0.5) is 5.82 Å². The molecule has 4 rings (SSSR count). The van der Waals surface area contributed by atoms with Crippen molar-refractivity contribution in [2.24, 2.45) is 5.41 Å². The molecule has 3 aromatic rings. The molecule has 1 fully saturated rings. The van der Waals surface area contributed by atoms with E-state index in [2.05, 4.69) is 34.4 Å². The minimum atomic E-state index is -5.57. The van der Waals surface area contributed by atoms with E-state index >= 15 is 0 Å². The third-order valence-electron chi connectivity index (χ3n) is 7.70. The number of carbonyl (C=O) groups excluding carboxylic acids is 3. The van der Waals surface area contributed by atoms with Gasteiger partial charge in [0.1, 0.15) is 36.3 Å². The van der Waals surface area contributed by atoms with Gasteiger partial charge in [-0.15, -0.1) is 0 Å². The van der Waals surface area contributed by atoms with E-state index in [4.69, 9.17) is 19.5 Å². The summed E-state index contributed by atoms with van der Waals surface area (Å²) < 4.78 is 62.1. The lowest BCUT2D eigenvalue weighted by molar-refractivity contribution is -0.137. The van der Waals surface area contributed by atoms with Crippen LogP contribution < -0.4 is 16.4 Å². The number of phosphoric acid groups is 3. The molecule has 316 valence electrons.